The van der Waals surface area contributed by atoms with Crippen LogP contribution in [0.3, 0.4) is 0 Å². The average molecular weight is 352 g/mol. The van der Waals surface area contributed by atoms with Crippen molar-refractivity contribution in [2.45, 2.75) is 19.4 Å². The monoisotopic (exact) mass is 352 g/mol. The minimum absolute atomic E-state index is 0.160. The second-order valence-corrected chi connectivity index (χ2v) is 6.37. The fraction of sp³-hybridized carbons (Fsp3) is 0.200. The Labute approximate surface area is 150 Å². The molecule has 0 aliphatic rings. The van der Waals surface area contributed by atoms with E-state index in [0.29, 0.717) is 17.0 Å². The number of carbonyl (C=O) groups excluding carboxylic acids is 2. The van der Waals surface area contributed by atoms with Crippen molar-refractivity contribution in [1.82, 2.24) is 5.32 Å². The highest BCUT2D eigenvalue weighted by Gasteiger charge is 2.29. The zero-order valence-corrected chi connectivity index (χ0v) is 14.6. The molecule has 0 bridgehead atoms. The van der Waals surface area contributed by atoms with Crippen molar-refractivity contribution >= 4 is 28.5 Å². The molecule has 0 spiro atoms. The van der Waals surface area contributed by atoms with Crippen LogP contribution in [0.15, 0.2) is 59.0 Å². The Morgan fingerprint density at radius 1 is 1.08 bits per heavy atom. The first kappa shape index (κ1) is 17.7. The van der Waals surface area contributed by atoms with Gasteiger partial charge in [-0.3, -0.25) is 9.59 Å². The molecule has 3 aromatic rings. The second-order valence-electron chi connectivity index (χ2n) is 6.37. The lowest BCUT2D eigenvalue weighted by Crippen LogP contribution is -2.43. The van der Waals surface area contributed by atoms with Crippen LogP contribution in [0.5, 0.6) is 0 Å². The van der Waals surface area contributed by atoms with Gasteiger partial charge in [-0.15, -0.1) is 0 Å². The third-order valence-corrected chi connectivity index (χ3v) is 4.15. The third kappa shape index (κ3) is 3.75. The van der Waals surface area contributed by atoms with E-state index in [9.17, 15) is 14.7 Å². The van der Waals surface area contributed by atoms with Gasteiger partial charge in [-0.1, -0.05) is 36.4 Å². The Morgan fingerprint density at radius 2 is 1.77 bits per heavy atom. The molecule has 6 nitrogen and oxygen atoms in total. The van der Waals surface area contributed by atoms with Crippen LogP contribution in [0.4, 0.5) is 5.69 Å². The quantitative estimate of drug-likeness (QED) is 0.630. The molecule has 0 aliphatic carbocycles. The number of anilines is 1. The van der Waals surface area contributed by atoms with Gasteiger partial charge in [0, 0.05) is 11.1 Å². The first-order chi connectivity index (χ1) is 12.4. The van der Waals surface area contributed by atoms with Crippen LogP contribution < -0.4 is 10.6 Å². The first-order valence-corrected chi connectivity index (χ1v) is 8.23. The minimum atomic E-state index is -1.45. The van der Waals surface area contributed by atoms with E-state index in [1.807, 2.05) is 37.3 Å². The topological polar surface area (TPSA) is 91.6 Å². The molecule has 3 rings (SSSR count). The van der Waals surface area contributed by atoms with Gasteiger partial charge >= 0.3 is 11.8 Å². The first-order valence-electron chi connectivity index (χ1n) is 8.23. The Balaban J connectivity index is 1.64. The van der Waals surface area contributed by atoms with Crippen LogP contribution in [-0.4, -0.2) is 23.5 Å². The number of aliphatic hydroxyl groups is 1. The maximum atomic E-state index is 12.0. The summed E-state index contributed by atoms with van der Waals surface area (Å²) in [5.74, 6) is -1.30. The molecule has 1 unspecified atom stereocenters. The van der Waals surface area contributed by atoms with Crippen LogP contribution in [0.2, 0.25) is 0 Å². The van der Waals surface area contributed by atoms with Crippen molar-refractivity contribution < 1.29 is 19.1 Å². The molecule has 0 saturated heterocycles. The molecule has 2 amide bonds. The number of rotatable bonds is 4. The highest BCUT2D eigenvalue weighted by atomic mass is 16.4. The summed E-state index contributed by atoms with van der Waals surface area (Å²) in [5.41, 5.74) is 0.614. The summed E-state index contributed by atoms with van der Waals surface area (Å²) in [6.45, 7) is 3.19. The number of para-hydroxylation sites is 2. The van der Waals surface area contributed by atoms with E-state index >= 15 is 0 Å². The van der Waals surface area contributed by atoms with Gasteiger partial charge in [0.15, 0.2) is 0 Å². The van der Waals surface area contributed by atoms with E-state index < -0.39 is 17.4 Å². The smallest absolute Gasteiger partial charge is 0.313 e. The number of carbonyl (C=O) groups is 2. The molecule has 1 aromatic heterocycles. The van der Waals surface area contributed by atoms with Crippen LogP contribution in [0.1, 0.15) is 18.2 Å². The zero-order chi connectivity index (χ0) is 18.7. The van der Waals surface area contributed by atoms with E-state index in [1.165, 1.54) is 6.92 Å². The van der Waals surface area contributed by atoms with E-state index in [-0.39, 0.29) is 6.54 Å². The van der Waals surface area contributed by atoms with Crippen LogP contribution in [0.25, 0.3) is 11.0 Å². The number of hydrogen-bond acceptors (Lipinski definition) is 4. The van der Waals surface area contributed by atoms with E-state index in [1.54, 1.807) is 24.3 Å². The summed E-state index contributed by atoms with van der Waals surface area (Å²) in [6.07, 6.45) is 0. The second kappa shape index (κ2) is 7.01. The summed E-state index contributed by atoms with van der Waals surface area (Å²) in [4.78, 5) is 24.1. The molecule has 26 heavy (non-hydrogen) atoms. The minimum Gasteiger partial charge on any atom is -0.458 e. The van der Waals surface area contributed by atoms with Crippen molar-refractivity contribution in [2.75, 3.05) is 11.9 Å². The molecule has 134 valence electrons. The molecule has 1 atom stereocenters. The fourth-order valence-corrected chi connectivity index (χ4v) is 2.56. The summed E-state index contributed by atoms with van der Waals surface area (Å²) >= 11 is 0. The number of fused-ring (bicyclic) bond motifs is 1. The summed E-state index contributed by atoms with van der Waals surface area (Å²) < 4.78 is 5.64. The van der Waals surface area contributed by atoms with Crippen LogP contribution >= 0.6 is 0 Å². The molecule has 0 fully saturated rings. The van der Waals surface area contributed by atoms with Gasteiger partial charge < -0.3 is 20.2 Å². The Hall–Kier alpha value is -3.12. The lowest BCUT2D eigenvalue weighted by atomic mass is 10.0. The van der Waals surface area contributed by atoms with Gasteiger partial charge in [0.25, 0.3) is 0 Å². The summed E-state index contributed by atoms with van der Waals surface area (Å²) in [6, 6.07) is 16.2. The van der Waals surface area contributed by atoms with Gasteiger partial charge in [-0.2, -0.15) is 0 Å². The number of hydrogen-bond donors (Lipinski definition) is 3. The van der Waals surface area contributed by atoms with E-state index in [2.05, 4.69) is 10.6 Å². The average Bonchev–Trinajstić information content (AvgIpc) is 3.07. The lowest BCUT2D eigenvalue weighted by molar-refractivity contribution is -0.136. The lowest BCUT2D eigenvalue weighted by Gasteiger charge is -2.21. The molecule has 1 heterocycles. The number of amides is 2. The zero-order valence-electron chi connectivity index (χ0n) is 14.6. The maximum absolute atomic E-state index is 12.0. The Morgan fingerprint density at radius 3 is 2.50 bits per heavy atom. The molecule has 0 aliphatic heterocycles. The molecular formula is C20H20N2O4. The number of nitrogens with one attached hydrogen (secondary N) is 2. The molecule has 0 saturated carbocycles. The standard InChI is InChI=1S/C20H20N2O4/c1-13-7-3-5-9-15(13)22-19(24)18(23)21-12-20(2,25)17-11-14-8-4-6-10-16(14)26-17/h3-11,25H,12H2,1-2H3,(H,21,23)(H,22,24). The fourth-order valence-electron chi connectivity index (χ4n) is 2.56. The van der Waals surface area contributed by atoms with Gasteiger partial charge in [-0.25, -0.2) is 0 Å². The van der Waals surface area contributed by atoms with Crippen molar-refractivity contribution in [3.05, 3.63) is 65.9 Å². The number of furan rings is 1. The third-order valence-electron chi connectivity index (χ3n) is 4.15. The van der Waals surface area contributed by atoms with Crippen molar-refractivity contribution in [3.8, 4) is 0 Å². The molecule has 2 aromatic carbocycles. The van der Waals surface area contributed by atoms with Gasteiger partial charge in [0.2, 0.25) is 0 Å². The van der Waals surface area contributed by atoms with Crippen molar-refractivity contribution in [1.29, 1.82) is 0 Å². The van der Waals surface area contributed by atoms with Gasteiger partial charge in [-0.05, 0) is 37.6 Å². The number of benzene rings is 2. The summed E-state index contributed by atoms with van der Waals surface area (Å²) in [5, 5.41) is 16.5. The van der Waals surface area contributed by atoms with Crippen LogP contribution in [0, 0.1) is 6.92 Å². The SMILES string of the molecule is Cc1ccccc1NC(=O)C(=O)NCC(C)(O)c1cc2ccccc2o1. The maximum Gasteiger partial charge on any atom is 0.313 e. The Bertz CT molecular complexity index is 926. The van der Waals surface area contributed by atoms with Crippen molar-refractivity contribution in [3.63, 3.8) is 0 Å². The van der Waals surface area contributed by atoms with Gasteiger partial charge in [0.1, 0.15) is 16.9 Å². The predicted octanol–water partition coefficient (Wildman–Crippen LogP) is 2.70. The summed E-state index contributed by atoms with van der Waals surface area (Å²) in [7, 11) is 0. The largest absolute Gasteiger partial charge is 0.458 e. The molecule has 6 heteroatoms. The molecular weight excluding hydrogens is 332 g/mol. The normalized spacial score (nSPS) is 13.2. The van der Waals surface area contributed by atoms with Crippen molar-refractivity contribution in [2.24, 2.45) is 0 Å². The van der Waals surface area contributed by atoms with Crippen LogP contribution in [-0.2, 0) is 15.2 Å². The highest BCUT2D eigenvalue weighted by molar-refractivity contribution is 6.39. The van der Waals surface area contributed by atoms with E-state index in [4.69, 9.17) is 4.42 Å². The highest BCUT2D eigenvalue weighted by Crippen LogP contribution is 2.27. The van der Waals surface area contributed by atoms with E-state index in [0.717, 1.165) is 10.9 Å². The van der Waals surface area contributed by atoms with Gasteiger partial charge in [0.05, 0.1) is 6.54 Å². The molecule has 3 N–H and O–H groups in total. The number of aryl methyl sites for hydroxylation is 1. The Kier molecular flexibility index (Phi) is 4.77. The predicted molar refractivity (Wildman–Crippen MR) is 98.6 cm³/mol. The molecule has 0 radical (unpaired) electrons.